The molecule has 0 amide bonds. The Balaban J connectivity index is 1.65. The number of nitrogens with one attached hydrogen (secondary N) is 2. The molecule has 2 N–H and O–H groups in total. The van der Waals surface area contributed by atoms with Gasteiger partial charge in [0.25, 0.3) is 5.56 Å². The molecule has 0 saturated heterocycles. The van der Waals surface area contributed by atoms with E-state index in [9.17, 15) is 30.8 Å². The van der Waals surface area contributed by atoms with E-state index in [1.54, 1.807) is 6.07 Å². The van der Waals surface area contributed by atoms with E-state index in [1.165, 1.54) is 38.2 Å². The lowest BCUT2D eigenvalue weighted by Crippen LogP contribution is -2.26. The lowest BCUT2D eigenvalue weighted by molar-refractivity contribution is -0.137. The Morgan fingerprint density at radius 1 is 1.11 bits per heavy atom. The van der Waals surface area contributed by atoms with Crippen LogP contribution in [-0.2, 0) is 23.2 Å². The van der Waals surface area contributed by atoms with E-state index >= 15 is 0 Å². The molecule has 0 aliphatic heterocycles. The van der Waals surface area contributed by atoms with Gasteiger partial charge in [-0.1, -0.05) is 17.7 Å². The summed E-state index contributed by atoms with van der Waals surface area (Å²) in [5.74, 6) is -1.26. The highest BCUT2D eigenvalue weighted by Crippen LogP contribution is 2.48. The lowest BCUT2D eigenvalue weighted by Gasteiger charge is -2.19. The fourth-order valence-electron chi connectivity index (χ4n) is 3.93. The van der Waals surface area contributed by atoms with Crippen molar-refractivity contribution in [3.8, 4) is 0 Å². The van der Waals surface area contributed by atoms with E-state index in [0.29, 0.717) is 3.57 Å². The van der Waals surface area contributed by atoms with Gasteiger partial charge in [-0.3, -0.25) is 14.1 Å². The molecule has 192 valence electrons. The molecule has 0 spiro atoms. The largest absolute Gasteiger partial charge is 0.417 e. The van der Waals surface area contributed by atoms with Crippen LogP contribution in [0.25, 0.3) is 0 Å². The van der Waals surface area contributed by atoms with E-state index in [-0.39, 0.29) is 34.7 Å². The molecule has 13 heteroatoms. The Bertz CT molecular complexity index is 1530. The fourth-order valence-corrected chi connectivity index (χ4v) is 6.27. The van der Waals surface area contributed by atoms with Crippen LogP contribution in [0.5, 0.6) is 0 Å². The van der Waals surface area contributed by atoms with E-state index in [4.69, 9.17) is 11.6 Å². The molecule has 36 heavy (non-hydrogen) atoms. The summed E-state index contributed by atoms with van der Waals surface area (Å²) >= 11 is 7.61. The minimum absolute atomic E-state index is 0.00490. The predicted molar refractivity (Wildman–Crippen MR) is 139 cm³/mol. The zero-order valence-electron chi connectivity index (χ0n) is 18.8. The van der Waals surface area contributed by atoms with Crippen molar-refractivity contribution >= 4 is 61.4 Å². The number of hydrogen-bond acceptors (Lipinski definition) is 4. The Hall–Kier alpha value is -2.32. The van der Waals surface area contributed by atoms with Gasteiger partial charge >= 0.3 is 6.18 Å². The first kappa shape index (κ1) is 26.7. The second kappa shape index (κ2) is 9.53. The topological polar surface area (TPSA) is 80.2 Å². The third-order valence-corrected chi connectivity index (χ3v) is 8.71. The molecular weight excluding hydrogens is 637 g/mol. The molecular formula is C23H19ClF4IN3O3S. The summed E-state index contributed by atoms with van der Waals surface area (Å²) in [5, 5.41) is 1.31. The van der Waals surface area contributed by atoms with Gasteiger partial charge < -0.3 is 5.32 Å². The Morgan fingerprint density at radius 2 is 1.81 bits per heavy atom. The highest BCUT2D eigenvalue weighted by atomic mass is 127. The van der Waals surface area contributed by atoms with E-state index in [0.717, 1.165) is 16.7 Å². The summed E-state index contributed by atoms with van der Waals surface area (Å²) < 4.78 is 84.7. The molecule has 1 aromatic heterocycles. The molecule has 6 nitrogen and oxygen atoms in total. The van der Waals surface area contributed by atoms with Crippen molar-refractivity contribution in [2.45, 2.75) is 30.7 Å². The number of halogens is 6. The van der Waals surface area contributed by atoms with Crippen LogP contribution in [0.15, 0.2) is 47.3 Å². The first-order valence-electron chi connectivity index (χ1n) is 10.5. The second-order valence-corrected chi connectivity index (χ2v) is 12.0. The van der Waals surface area contributed by atoms with Crippen molar-refractivity contribution in [1.29, 1.82) is 0 Å². The minimum atomic E-state index is -4.67. The molecule has 2 unspecified atom stereocenters. The van der Waals surface area contributed by atoms with Crippen molar-refractivity contribution in [1.82, 2.24) is 4.57 Å². The number of hydrogen-bond donors (Lipinski definition) is 2. The molecule has 1 aliphatic carbocycles. The van der Waals surface area contributed by atoms with Gasteiger partial charge in [0, 0.05) is 22.1 Å². The third-order valence-electron chi connectivity index (χ3n) is 5.88. The summed E-state index contributed by atoms with van der Waals surface area (Å²) in [5.41, 5.74) is -0.971. The maximum atomic E-state index is 14.5. The van der Waals surface area contributed by atoms with Crippen LogP contribution in [0, 0.1) is 16.3 Å². The van der Waals surface area contributed by atoms with Gasteiger partial charge in [0.15, 0.2) is 0 Å². The summed E-state index contributed by atoms with van der Waals surface area (Å²) in [7, 11) is -2.68. The number of aromatic nitrogens is 1. The Kier molecular flexibility index (Phi) is 7.07. The number of pyridine rings is 1. The van der Waals surface area contributed by atoms with Crippen LogP contribution in [0.3, 0.4) is 0 Å². The van der Waals surface area contributed by atoms with E-state index in [2.05, 4.69) is 10.0 Å². The van der Waals surface area contributed by atoms with Crippen LogP contribution in [0.2, 0.25) is 5.02 Å². The maximum Gasteiger partial charge on any atom is 0.417 e. The van der Waals surface area contributed by atoms with E-state index in [1.807, 2.05) is 22.6 Å². The van der Waals surface area contributed by atoms with Crippen LogP contribution < -0.4 is 15.6 Å². The van der Waals surface area contributed by atoms with Gasteiger partial charge in [-0.25, -0.2) is 12.8 Å². The van der Waals surface area contributed by atoms with Crippen LogP contribution in [0.4, 0.5) is 34.8 Å². The molecule has 1 heterocycles. The fraction of sp³-hybridized carbons (Fsp3) is 0.261. The summed E-state index contributed by atoms with van der Waals surface area (Å²) in [6, 6.07) is 9.03. The highest BCUT2D eigenvalue weighted by Gasteiger charge is 2.49. The molecule has 2 atom stereocenters. The molecule has 1 saturated carbocycles. The number of nitrogens with zero attached hydrogens (tertiary/aromatic N) is 1. The summed E-state index contributed by atoms with van der Waals surface area (Å²) in [6.45, 7) is 1.50. The van der Waals surface area contributed by atoms with Crippen LogP contribution in [-0.4, -0.2) is 18.2 Å². The first-order valence-corrected chi connectivity index (χ1v) is 13.5. The highest BCUT2D eigenvalue weighted by molar-refractivity contribution is 14.1. The van der Waals surface area contributed by atoms with Crippen molar-refractivity contribution in [3.63, 3.8) is 0 Å². The van der Waals surface area contributed by atoms with Gasteiger partial charge in [0.1, 0.15) is 11.6 Å². The first-order chi connectivity index (χ1) is 16.7. The van der Waals surface area contributed by atoms with Gasteiger partial charge in [-0.15, -0.1) is 0 Å². The zero-order chi connectivity index (χ0) is 26.6. The average molecular weight is 656 g/mol. The molecule has 1 aliphatic rings. The predicted octanol–water partition coefficient (Wildman–Crippen LogP) is 6.15. The average Bonchev–Trinajstić information content (AvgIpc) is 3.58. The second-order valence-electron chi connectivity index (χ2n) is 8.47. The van der Waals surface area contributed by atoms with Gasteiger partial charge in [-0.05, 0) is 77.9 Å². The quantitative estimate of drug-likeness (QED) is 0.247. The number of rotatable bonds is 6. The standard InChI is InChI=1S/C23H19ClF4IN3O3S/c1-11-7-19(21(32(2)22(11)33)30-18-6-4-13(29)9-17(18)25)31-36(34,35)20-10-14(20)12-3-5-16(24)15(8-12)23(26,27)28/h3-9,14,20,30-31H,10H2,1-2H3. The number of sulfonamides is 1. The molecule has 2 aromatic carbocycles. The third kappa shape index (κ3) is 5.35. The van der Waals surface area contributed by atoms with Crippen molar-refractivity contribution in [2.75, 3.05) is 10.0 Å². The molecule has 0 bridgehead atoms. The normalized spacial score (nSPS) is 17.7. The molecule has 4 rings (SSSR count). The zero-order valence-corrected chi connectivity index (χ0v) is 22.5. The summed E-state index contributed by atoms with van der Waals surface area (Å²) in [6.07, 6.45) is -4.57. The van der Waals surface area contributed by atoms with E-state index < -0.39 is 49.3 Å². The van der Waals surface area contributed by atoms with Gasteiger partial charge in [0.05, 0.1) is 27.2 Å². The Morgan fingerprint density at radius 3 is 2.44 bits per heavy atom. The summed E-state index contributed by atoms with van der Waals surface area (Å²) in [4.78, 5) is 12.5. The minimum Gasteiger partial charge on any atom is -0.337 e. The van der Waals surface area contributed by atoms with Crippen LogP contribution >= 0.6 is 34.2 Å². The lowest BCUT2D eigenvalue weighted by atomic mass is 10.1. The smallest absolute Gasteiger partial charge is 0.337 e. The SMILES string of the molecule is Cc1cc(NS(=O)(=O)C2CC2c2ccc(Cl)c(C(F)(F)F)c2)c(Nc2ccc(I)cc2F)n(C)c1=O. The van der Waals surface area contributed by atoms with Crippen molar-refractivity contribution < 1.29 is 26.0 Å². The number of anilines is 3. The molecule has 3 aromatic rings. The van der Waals surface area contributed by atoms with Gasteiger partial charge in [-0.2, -0.15) is 13.2 Å². The number of benzene rings is 2. The maximum absolute atomic E-state index is 14.5. The molecule has 0 radical (unpaired) electrons. The monoisotopic (exact) mass is 655 g/mol. The van der Waals surface area contributed by atoms with Crippen molar-refractivity contribution in [3.05, 3.63) is 83.9 Å². The van der Waals surface area contributed by atoms with Gasteiger partial charge in [0.2, 0.25) is 10.0 Å². The number of alkyl halides is 3. The van der Waals surface area contributed by atoms with Crippen LogP contribution in [0.1, 0.15) is 29.0 Å². The Labute approximate surface area is 222 Å². The number of aryl methyl sites for hydroxylation is 1. The van der Waals surface area contributed by atoms with Crippen molar-refractivity contribution in [2.24, 2.45) is 7.05 Å². The molecule has 1 fully saturated rings.